The standard InChI is InChI=1S/C15H13FN2O3/c16-11-6-7-12(14(19)20)13(8-11)18-15(21)17-9-10-4-2-1-3-5-10/h1-8H,9H2,(H,19,20)(H2,17,18,21). The Labute approximate surface area is 120 Å². The number of carboxylic acids is 1. The minimum Gasteiger partial charge on any atom is -0.478 e. The van der Waals surface area contributed by atoms with Crippen molar-refractivity contribution in [2.45, 2.75) is 6.54 Å². The van der Waals surface area contributed by atoms with Gasteiger partial charge in [-0.2, -0.15) is 0 Å². The highest BCUT2D eigenvalue weighted by Crippen LogP contribution is 2.17. The van der Waals surface area contributed by atoms with E-state index in [9.17, 15) is 14.0 Å². The second kappa shape index (κ2) is 6.51. The van der Waals surface area contributed by atoms with Gasteiger partial charge in [0.25, 0.3) is 0 Å². The summed E-state index contributed by atoms with van der Waals surface area (Å²) in [5.41, 5.74) is 0.629. The molecule has 3 N–H and O–H groups in total. The lowest BCUT2D eigenvalue weighted by Gasteiger charge is -2.10. The number of anilines is 1. The zero-order valence-electron chi connectivity index (χ0n) is 11.0. The van der Waals surface area contributed by atoms with Crippen LogP contribution in [0.2, 0.25) is 0 Å². The van der Waals surface area contributed by atoms with Gasteiger partial charge in [0.05, 0.1) is 11.3 Å². The van der Waals surface area contributed by atoms with Crippen molar-refractivity contribution in [3.8, 4) is 0 Å². The maximum atomic E-state index is 13.1. The van der Waals surface area contributed by atoms with E-state index in [1.54, 1.807) is 0 Å². The Morgan fingerprint density at radius 3 is 2.48 bits per heavy atom. The quantitative estimate of drug-likeness (QED) is 0.809. The number of hydrogen-bond donors (Lipinski definition) is 3. The Hall–Kier alpha value is -2.89. The summed E-state index contributed by atoms with van der Waals surface area (Å²) in [6.45, 7) is 0.282. The lowest BCUT2D eigenvalue weighted by Crippen LogP contribution is -2.29. The number of benzene rings is 2. The molecule has 21 heavy (non-hydrogen) atoms. The lowest BCUT2D eigenvalue weighted by molar-refractivity contribution is 0.0698. The smallest absolute Gasteiger partial charge is 0.337 e. The van der Waals surface area contributed by atoms with Crippen molar-refractivity contribution in [3.63, 3.8) is 0 Å². The predicted octanol–water partition coefficient (Wildman–Crippen LogP) is 2.85. The second-order valence-corrected chi connectivity index (χ2v) is 4.29. The van der Waals surface area contributed by atoms with Gasteiger partial charge < -0.3 is 15.7 Å². The minimum atomic E-state index is -1.24. The number of carbonyl (C=O) groups is 2. The molecule has 0 atom stereocenters. The van der Waals surface area contributed by atoms with Crippen molar-refractivity contribution in [1.82, 2.24) is 5.32 Å². The topological polar surface area (TPSA) is 78.4 Å². The molecule has 0 bridgehead atoms. The molecule has 5 nitrogen and oxygen atoms in total. The van der Waals surface area contributed by atoms with E-state index in [2.05, 4.69) is 10.6 Å². The molecule has 0 aromatic heterocycles. The van der Waals surface area contributed by atoms with Crippen molar-refractivity contribution in [2.24, 2.45) is 0 Å². The van der Waals surface area contributed by atoms with Crippen LogP contribution >= 0.6 is 0 Å². The molecule has 2 rings (SSSR count). The molecule has 0 aliphatic carbocycles. The first-order chi connectivity index (χ1) is 10.1. The molecular weight excluding hydrogens is 275 g/mol. The zero-order valence-corrected chi connectivity index (χ0v) is 11.0. The van der Waals surface area contributed by atoms with E-state index in [-0.39, 0.29) is 17.8 Å². The van der Waals surface area contributed by atoms with E-state index >= 15 is 0 Å². The molecule has 6 heteroatoms. The summed E-state index contributed by atoms with van der Waals surface area (Å²) in [4.78, 5) is 22.7. The number of aromatic carboxylic acids is 1. The summed E-state index contributed by atoms with van der Waals surface area (Å²) >= 11 is 0. The number of nitrogens with one attached hydrogen (secondary N) is 2. The zero-order chi connectivity index (χ0) is 15.2. The highest BCUT2D eigenvalue weighted by atomic mass is 19.1. The van der Waals surface area contributed by atoms with Crippen molar-refractivity contribution in [2.75, 3.05) is 5.32 Å². The van der Waals surface area contributed by atoms with Crippen LogP contribution in [-0.2, 0) is 6.54 Å². The molecule has 0 fully saturated rings. The van der Waals surface area contributed by atoms with E-state index < -0.39 is 17.8 Å². The van der Waals surface area contributed by atoms with E-state index in [0.29, 0.717) is 0 Å². The Kier molecular flexibility index (Phi) is 4.50. The van der Waals surface area contributed by atoms with Gasteiger partial charge >= 0.3 is 12.0 Å². The van der Waals surface area contributed by atoms with Gasteiger partial charge in [-0.05, 0) is 23.8 Å². The summed E-state index contributed by atoms with van der Waals surface area (Å²) in [6, 6.07) is 11.7. The SMILES string of the molecule is O=C(NCc1ccccc1)Nc1cc(F)ccc1C(=O)O. The Balaban J connectivity index is 2.02. The molecule has 2 aromatic carbocycles. The molecule has 2 aromatic rings. The van der Waals surface area contributed by atoms with Crippen LogP contribution in [0.4, 0.5) is 14.9 Å². The van der Waals surface area contributed by atoms with Crippen molar-refractivity contribution in [1.29, 1.82) is 0 Å². The third kappa shape index (κ3) is 4.04. The van der Waals surface area contributed by atoms with Crippen LogP contribution in [0.15, 0.2) is 48.5 Å². The van der Waals surface area contributed by atoms with Gasteiger partial charge in [0.1, 0.15) is 5.82 Å². The minimum absolute atomic E-state index is 0.0898. The van der Waals surface area contributed by atoms with Crippen LogP contribution in [0.3, 0.4) is 0 Å². The van der Waals surface area contributed by atoms with Gasteiger partial charge in [0.15, 0.2) is 0 Å². The lowest BCUT2D eigenvalue weighted by atomic mass is 10.2. The Morgan fingerprint density at radius 2 is 1.81 bits per heavy atom. The van der Waals surface area contributed by atoms with E-state index in [1.807, 2.05) is 30.3 Å². The molecule has 0 saturated heterocycles. The fourth-order valence-corrected chi connectivity index (χ4v) is 1.75. The van der Waals surface area contributed by atoms with Gasteiger partial charge in [-0.1, -0.05) is 30.3 Å². The van der Waals surface area contributed by atoms with E-state index in [4.69, 9.17) is 5.11 Å². The van der Waals surface area contributed by atoms with Crippen LogP contribution in [-0.4, -0.2) is 17.1 Å². The number of carboxylic acid groups (broad SMARTS) is 1. The van der Waals surface area contributed by atoms with Gasteiger partial charge in [0, 0.05) is 6.54 Å². The van der Waals surface area contributed by atoms with E-state index in [0.717, 1.165) is 23.8 Å². The molecule has 0 aliphatic rings. The average molecular weight is 288 g/mol. The number of hydrogen-bond acceptors (Lipinski definition) is 2. The van der Waals surface area contributed by atoms with Crippen LogP contribution in [0.1, 0.15) is 15.9 Å². The van der Waals surface area contributed by atoms with Crippen LogP contribution in [0.25, 0.3) is 0 Å². The largest absolute Gasteiger partial charge is 0.478 e. The summed E-state index contributed by atoms with van der Waals surface area (Å²) in [5.74, 6) is -1.87. The first-order valence-electron chi connectivity index (χ1n) is 6.18. The molecule has 0 radical (unpaired) electrons. The summed E-state index contributed by atoms with van der Waals surface area (Å²) in [5, 5.41) is 13.9. The first kappa shape index (κ1) is 14.5. The highest BCUT2D eigenvalue weighted by Gasteiger charge is 2.13. The fraction of sp³-hybridized carbons (Fsp3) is 0.0667. The van der Waals surface area contributed by atoms with Crippen LogP contribution in [0.5, 0.6) is 0 Å². The normalized spacial score (nSPS) is 9.95. The predicted molar refractivity (Wildman–Crippen MR) is 75.7 cm³/mol. The van der Waals surface area contributed by atoms with Gasteiger partial charge in [-0.15, -0.1) is 0 Å². The summed E-state index contributed by atoms with van der Waals surface area (Å²) in [6.07, 6.45) is 0. The van der Waals surface area contributed by atoms with Crippen LogP contribution < -0.4 is 10.6 Å². The summed E-state index contributed by atoms with van der Waals surface area (Å²) in [7, 11) is 0. The number of amides is 2. The van der Waals surface area contributed by atoms with Crippen molar-refractivity contribution < 1.29 is 19.1 Å². The fourth-order valence-electron chi connectivity index (χ4n) is 1.75. The molecule has 0 heterocycles. The molecular formula is C15H13FN2O3. The molecule has 0 unspecified atom stereocenters. The number of halogens is 1. The van der Waals surface area contributed by atoms with Gasteiger partial charge in [-0.3, -0.25) is 0 Å². The van der Waals surface area contributed by atoms with Gasteiger partial charge in [0.2, 0.25) is 0 Å². The summed E-state index contributed by atoms with van der Waals surface area (Å²) < 4.78 is 13.1. The third-order valence-corrected chi connectivity index (χ3v) is 2.76. The molecule has 2 amide bonds. The molecule has 0 saturated carbocycles. The number of carbonyl (C=O) groups excluding carboxylic acids is 1. The van der Waals surface area contributed by atoms with E-state index in [1.165, 1.54) is 0 Å². The maximum Gasteiger partial charge on any atom is 0.337 e. The maximum absolute atomic E-state index is 13.1. The molecule has 108 valence electrons. The highest BCUT2D eigenvalue weighted by molar-refractivity contribution is 5.99. The average Bonchev–Trinajstić information content (AvgIpc) is 2.46. The Bertz CT molecular complexity index is 659. The monoisotopic (exact) mass is 288 g/mol. The van der Waals surface area contributed by atoms with Crippen LogP contribution in [0, 0.1) is 5.82 Å². The third-order valence-electron chi connectivity index (χ3n) is 2.76. The second-order valence-electron chi connectivity index (χ2n) is 4.29. The number of rotatable bonds is 4. The first-order valence-corrected chi connectivity index (χ1v) is 6.18. The molecule has 0 aliphatic heterocycles. The Morgan fingerprint density at radius 1 is 1.10 bits per heavy atom. The van der Waals surface area contributed by atoms with Crippen molar-refractivity contribution in [3.05, 3.63) is 65.5 Å². The van der Waals surface area contributed by atoms with Crippen molar-refractivity contribution >= 4 is 17.7 Å². The number of urea groups is 1. The molecule has 0 spiro atoms. The van der Waals surface area contributed by atoms with Gasteiger partial charge in [-0.25, -0.2) is 14.0 Å².